The number of carbonyl (C=O) groups excluding carboxylic acids is 1. The van der Waals surface area contributed by atoms with E-state index < -0.39 is 6.10 Å². The van der Waals surface area contributed by atoms with Crippen LogP contribution in [-0.4, -0.2) is 17.0 Å². The molecule has 0 aliphatic rings. The standard InChI is InChI=1S/C22H22BrClN2O2S/c1-5-18-20(15-6-8-16(23)9-7-15)25-22(29-18)26-21(27)14(4)28-17-10-12(2)19(24)13(3)11-17/h6-11,14H,5H2,1-4H3,(H,25,26,27). The predicted molar refractivity (Wildman–Crippen MR) is 124 cm³/mol. The van der Waals surface area contributed by atoms with Gasteiger partial charge in [0.15, 0.2) is 11.2 Å². The molecular weight excluding hydrogens is 472 g/mol. The number of nitrogens with zero attached hydrogens (tertiary/aromatic N) is 1. The number of rotatable bonds is 6. The van der Waals surface area contributed by atoms with E-state index in [-0.39, 0.29) is 5.91 Å². The van der Waals surface area contributed by atoms with Crippen molar-refractivity contribution in [2.75, 3.05) is 5.32 Å². The molecule has 0 spiro atoms. The molecule has 1 N–H and O–H groups in total. The van der Waals surface area contributed by atoms with Crippen LogP contribution in [0.3, 0.4) is 0 Å². The molecule has 3 rings (SSSR count). The van der Waals surface area contributed by atoms with Gasteiger partial charge in [0.25, 0.3) is 5.91 Å². The molecule has 7 heteroatoms. The van der Waals surface area contributed by atoms with Crippen LogP contribution < -0.4 is 10.1 Å². The zero-order valence-corrected chi connectivity index (χ0v) is 19.8. The van der Waals surface area contributed by atoms with Crippen LogP contribution in [0.2, 0.25) is 5.02 Å². The molecule has 3 aromatic rings. The molecule has 0 saturated heterocycles. The highest BCUT2D eigenvalue weighted by molar-refractivity contribution is 9.10. The van der Waals surface area contributed by atoms with E-state index in [9.17, 15) is 4.79 Å². The normalized spacial score (nSPS) is 11.9. The lowest BCUT2D eigenvalue weighted by Gasteiger charge is -2.15. The summed E-state index contributed by atoms with van der Waals surface area (Å²) in [5, 5.41) is 4.17. The van der Waals surface area contributed by atoms with Crippen molar-refractivity contribution in [1.82, 2.24) is 4.98 Å². The zero-order valence-electron chi connectivity index (χ0n) is 16.7. The maximum absolute atomic E-state index is 12.6. The average molecular weight is 494 g/mol. The molecule has 1 heterocycles. The molecule has 1 aromatic heterocycles. The Hall–Kier alpha value is -1.89. The van der Waals surface area contributed by atoms with E-state index in [1.807, 2.05) is 50.2 Å². The fourth-order valence-corrected chi connectivity index (χ4v) is 4.22. The molecule has 0 bridgehead atoms. The number of anilines is 1. The van der Waals surface area contributed by atoms with Crippen LogP contribution in [0.25, 0.3) is 11.3 Å². The Kier molecular flexibility index (Phi) is 6.98. The second-order valence-electron chi connectivity index (χ2n) is 6.77. The molecule has 0 aliphatic heterocycles. The van der Waals surface area contributed by atoms with Gasteiger partial charge in [0, 0.05) is 19.9 Å². The van der Waals surface area contributed by atoms with Gasteiger partial charge in [0.2, 0.25) is 0 Å². The molecule has 2 aromatic carbocycles. The number of carbonyl (C=O) groups is 1. The van der Waals surface area contributed by atoms with Gasteiger partial charge in [-0.3, -0.25) is 10.1 Å². The second-order valence-corrected chi connectivity index (χ2v) is 9.15. The van der Waals surface area contributed by atoms with E-state index in [4.69, 9.17) is 16.3 Å². The Morgan fingerprint density at radius 1 is 1.24 bits per heavy atom. The first-order chi connectivity index (χ1) is 13.8. The van der Waals surface area contributed by atoms with Gasteiger partial charge < -0.3 is 4.74 Å². The lowest BCUT2D eigenvalue weighted by Crippen LogP contribution is -2.30. The van der Waals surface area contributed by atoms with Gasteiger partial charge in [-0.05, 0) is 62.6 Å². The molecule has 0 radical (unpaired) electrons. The van der Waals surface area contributed by atoms with Crippen molar-refractivity contribution in [2.24, 2.45) is 0 Å². The van der Waals surface area contributed by atoms with Gasteiger partial charge in [-0.2, -0.15) is 0 Å². The largest absolute Gasteiger partial charge is 0.481 e. The van der Waals surface area contributed by atoms with Crippen molar-refractivity contribution in [1.29, 1.82) is 0 Å². The smallest absolute Gasteiger partial charge is 0.266 e. The predicted octanol–water partition coefficient (Wildman–Crippen LogP) is 6.81. The fraction of sp³-hybridized carbons (Fsp3) is 0.273. The highest BCUT2D eigenvalue weighted by Crippen LogP contribution is 2.32. The number of halogens is 2. The first kappa shape index (κ1) is 21.8. The van der Waals surface area contributed by atoms with Crippen molar-refractivity contribution >= 4 is 49.9 Å². The van der Waals surface area contributed by atoms with Crippen molar-refractivity contribution < 1.29 is 9.53 Å². The topological polar surface area (TPSA) is 51.2 Å². The van der Waals surface area contributed by atoms with Crippen LogP contribution in [0.1, 0.15) is 29.9 Å². The SMILES string of the molecule is CCc1sc(NC(=O)C(C)Oc2cc(C)c(Cl)c(C)c2)nc1-c1ccc(Br)cc1. The summed E-state index contributed by atoms with van der Waals surface area (Å²) in [4.78, 5) is 18.4. The third kappa shape index (κ3) is 5.18. The number of aryl methyl sites for hydroxylation is 3. The lowest BCUT2D eigenvalue weighted by molar-refractivity contribution is -0.122. The molecule has 152 valence electrons. The highest BCUT2D eigenvalue weighted by atomic mass is 79.9. The second kappa shape index (κ2) is 9.28. The number of benzene rings is 2. The Morgan fingerprint density at radius 3 is 2.45 bits per heavy atom. The van der Waals surface area contributed by atoms with Crippen LogP contribution in [0, 0.1) is 13.8 Å². The Bertz CT molecular complexity index is 1010. The minimum Gasteiger partial charge on any atom is -0.481 e. The molecule has 29 heavy (non-hydrogen) atoms. The summed E-state index contributed by atoms with van der Waals surface area (Å²) >= 11 is 11.1. The summed E-state index contributed by atoms with van der Waals surface area (Å²) in [7, 11) is 0. The summed E-state index contributed by atoms with van der Waals surface area (Å²) in [6, 6.07) is 11.7. The Morgan fingerprint density at radius 2 is 1.86 bits per heavy atom. The molecule has 0 saturated carbocycles. The quantitative estimate of drug-likeness (QED) is 0.410. The minimum atomic E-state index is -0.667. The van der Waals surface area contributed by atoms with Gasteiger partial charge in [-0.1, -0.05) is 46.6 Å². The third-order valence-corrected chi connectivity index (χ3v) is 6.70. The van der Waals surface area contributed by atoms with Crippen LogP contribution in [0.4, 0.5) is 5.13 Å². The van der Waals surface area contributed by atoms with Crippen molar-refractivity contribution in [3.8, 4) is 17.0 Å². The molecule has 1 amide bonds. The van der Waals surface area contributed by atoms with Crippen molar-refractivity contribution in [3.05, 3.63) is 61.9 Å². The number of ether oxygens (including phenoxy) is 1. The summed E-state index contributed by atoms with van der Waals surface area (Å²) < 4.78 is 6.84. The maximum Gasteiger partial charge on any atom is 0.266 e. The molecular formula is C22H22BrClN2O2S. The highest BCUT2D eigenvalue weighted by Gasteiger charge is 2.19. The van der Waals surface area contributed by atoms with Crippen molar-refractivity contribution in [2.45, 2.75) is 40.2 Å². The van der Waals surface area contributed by atoms with E-state index in [2.05, 4.69) is 33.2 Å². The van der Waals surface area contributed by atoms with E-state index in [1.54, 1.807) is 6.92 Å². The zero-order chi connectivity index (χ0) is 21.1. The number of amides is 1. The van der Waals surface area contributed by atoms with E-state index in [0.29, 0.717) is 15.9 Å². The fourth-order valence-electron chi connectivity index (χ4n) is 2.92. The summed E-state index contributed by atoms with van der Waals surface area (Å²) in [6.07, 6.45) is 0.175. The van der Waals surface area contributed by atoms with E-state index in [1.165, 1.54) is 11.3 Å². The Balaban J connectivity index is 1.74. The maximum atomic E-state index is 12.6. The number of nitrogens with one attached hydrogen (secondary N) is 1. The first-order valence-electron chi connectivity index (χ1n) is 9.28. The molecule has 1 atom stereocenters. The first-order valence-corrected chi connectivity index (χ1v) is 11.3. The van der Waals surface area contributed by atoms with Crippen LogP contribution >= 0.6 is 38.9 Å². The number of aromatic nitrogens is 1. The van der Waals surface area contributed by atoms with Gasteiger partial charge in [0.05, 0.1) is 5.69 Å². The molecule has 4 nitrogen and oxygen atoms in total. The number of thiazole rings is 1. The molecule has 1 unspecified atom stereocenters. The number of hydrogen-bond acceptors (Lipinski definition) is 4. The van der Waals surface area contributed by atoms with Gasteiger partial charge in [-0.15, -0.1) is 11.3 Å². The summed E-state index contributed by atoms with van der Waals surface area (Å²) in [6.45, 7) is 7.63. The Labute approximate surface area is 188 Å². The van der Waals surface area contributed by atoms with Gasteiger partial charge in [0.1, 0.15) is 5.75 Å². The van der Waals surface area contributed by atoms with Crippen LogP contribution in [0.15, 0.2) is 40.9 Å². The van der Waals surface area contributed by atoms with Crippen LogP contribution in [0.5, 0.6) is 5.75 Å². The number of hydrogen-bond donors (Lipinski definition) is 1. The van der Waals surface area contributed by atoms with Gasteiger partial charge in [-0.25, -0.2) is 4.98 Å². The third-order valence-electron chi connectivity index (χ3n) is 4.46. The minimum absolute atomic E-state index is 0.242. The average Bonchev–Trinajstić information content (AvgIpc) is 3.09. The van der Waals surface area contributed by atoms with Gasteiger partial charge >= 0.3 is 0 Å². The monoisotopic (exact) mass is 492 g/mol. The molecule has 0 aliphatic carbocycles. The van der Waals surface area contributed by atoms with E-state index >= 15 is 0 Å². The van der Waals surface area contributed by atoms with Crippen molar-refractivity contribution in [3.63, 3.8) is 0 Å². The lowest BCUT2D eigenvalue weighted by atomic mass is 10.1. The van der Waals surface area contributed by atoms with Crippen LogP contribution in [-0.2, 0) is 11.2 Å². The molecule has 0 fully saturated rings. The summed E-state index contributed by atoms with van der Waals surface area (Å²) in [5.41, 5.74) is 3.76. The summed E-state index contributed by atoms with van der Waals surface area (Å²) in [5.74, 6) is 0.380. The van der Waals surface area contributed by atoms with E-state index in [0.717, 1.165) is 38.2 Å².